The summed E-state index contributed by atoms with van der Waals surface area (Å²) in [5.74, 6) is -1.47. The summed E-state index contributed by atoms with van der Waals surface area (Å²) in [6.45, 7) is 2.18. The van der Waals surface area contributed by atoms with E-state index in [2.05, 4.69) is 34.1 Å². The third-order valence-corrected chi connectivity index (χ3v) is 4.70. The van der Waals surface area contributed by atoms with Crippen LogP contribution < -0.4 is 4.90 Å². The van der Waals surface area contributed by atoms with Crippen LogP contribution in [0.3, 0.4) is 0 Å². The van der Waals surface area contributed by atoms with Crippen molar-refractivity contribution < 1.29 is 15.0 Å². The van der Waals surface area contributed by atoms with Crippen LogP contribution in [0.15, 0.2) is 36.4 Å². The van der Waals surface area contributed by atoms with Crippen LogP contribution >= 0.6 is 0 Å². The van der Waals surface area contributed by atoms with E-state index in [0.717, 1.165) is 44.5 Å². The Bertz CT molecular complexity index is 745. The second-order valence-electron chi connectivity index (χ2n) is 6.51. The Morgan fingerprint density at radius 3 is 2.80 bits per heavy atom. The normalized spacial score (nSPS) is 13.5. The number of unbranched alkanes of at least 4 members (excludes halogenated alkanes) is 2. The molecule has 2 aromatic rings. The number of aromatic carboxylic acids is 1. The van der Waals surface area contributed by atoms with E-state index in [-0.39, 0.29) is 11.4 Å². The fraction of sp³-hybridized carbons (Fsp3) is 0.400. The Morgan fingerprint density at radius 1 is 1.12 bits per heavy atom. The quantitative estimate of drug-likeness (QED) is 0.753. The van der Waals surface area contributed by atoms with Crippen LogP contribution in [0.2, 0.25) is 0 Å². The maximum atomic E-state index is 11.0. The maximum Gasteiger partial charge on any atom is 0.358 e. The molecule has 0 radical (unpaired) electrons. The van der Waals surface area contributed by atoms with Crippen molar-refractivity contribution in [3.8, 4) is 5.75 Å². The van der Waals surface area contributed by atoms with Crippen LogP contribution in [0.25, 0.3) is 0 Å². The number of nitrogens with zero attached hydrogens (tertiary/aromatic N) is 2. The van der Waals surface area contributed by atoms with Crippen molar-refractivity contribution in [3.63, 3.8) is 0 Å². The summed E-state index contributed by atoms with van der Waals surface area (Å²) in [6.07, 6.45) is 6.27. The zero-order valence-electron chi connectivity index (χ0n) is 14.3. The molecule has 3 rings (SSSR count). The number of aromatic nitrogens is 1. The first-order chi connectivity index (χ1) is 12.1. The third-order valence-electron chi connectivity index (χ3n) is 4.70. The van der Waals surface area contributed by atoms with Gasteiger partial charge in [-0.3, -0.25) is 0 Å². The Labute approximate surface area is 147 Å². The number of carboxylic acids is 1. The van der Waals surface area contributed by atoms with E-state index in [9.17, 15) is 9.90 Å². The summed E-state index contributed by atoms with van der Waals surface area (Å²) in [4.78, 5) is 17.5. The van der Waals surface area contributed by atoms with Crippen molar-refractivity contribution in [2.24, 2.45) is 0 Å². The first kappa shape index (κ1) is 17.3. The molecule has 0 unspecified atom stereocenters. The predicted octanol–water partition coefficient (Wildman–Crippen LogP) is 3.65. The molecule has 0 saturated carbocycles. The molecule has 1 aromatic carbocycles. The van der Waals surface area contributed by atoms with E-state index in [1.165, 1.54) is 30.2 Å². The molecule has 132 valence electrons. The highest BCUT2D eigenvalue weighted by Crippen LogP contribution is 2.27. The van der Waals surface area contributed by atoms with Gasteiger partial charge in [-0.25, -0.2) is 9.78 Å². The van der Waals surface area contributed by atoms with Crippen LogP contribution in [-0.4, -0.2) is 34.3 Å². The smallest absolute Gasteiger partial charge is 0.358 e. The summed E-state index contributed by atoms with van der Waals surface area (Å²) in [7, 11) is 0. The molecule has 5 heteroatoms. The predicted molar refractivity (Wildman–Crippen MR) is 97.4 cm³/mol. The van der Waals surface area contributed by atoms with Gasteiger partial charge in [0.1, 0.15) is 5.75 Å². The first-order valence-electron chi connectivity index (χ1n) is 8.90. The molecule has 0 saturated heterocycles. The lowest BCUT2D eigenvalue weighted by atomic mass is 10.0. The second kappa shape index (κ2) is 8.01. The van der Waals surface area contributed by atoms with E-state index in [0.29, 0.717) is 0 Å². The minimum absolute atomic E-state index is 0.262. The van der Waals surface area contributed by atoms with Gasteiger partial charge < -0.3 is 15.1 Å². The van der Waals surface area contributed by atoms with Crippen LogP contribution in [0.4, 0.5) is 5.69 Å². The van der Waals surface area contributed by atoms with Gasteiger partial charge in [-0.05, 0) is 55.9 Å². The molecule has 2 heterocycles. The van der Waals surface area contributed by atoms with E-state index in [1.807, 2.05) is 0 Å². The molecule has 1 aliphatic heterocycles. The van der Waals surface area contributed by atoms with Gasteiger partial charge >= 0.3 is 5.97 Å². The molecule has 1 aliphatic rings. The van der Waals surface area contributed by atoms with Gasteiger partial charge in [0.05, 0.1) is 0 Å². The number of hydrogen-bond acceptors (Lipinski definition) is 4. The fourth-order valence-corrected chi connectivity index (χ4v) is 3.42. The standard InChI is InChI=1S/C20H24N2O3/c23-18-12-11-16(21-19(18)20(24)25)9-2-1-5-13-22-14-6-8-15-7-3-4-10-17(15)22/h3-4,7,10-12,23H,1-2,5-6,8-9,13-14H2,(H,24,25). The molecule has 0 aliphatic carbocycles. The van der Waals surface area contributed by atoms with Crippen LogP contribution in [0.5, 0.6) is 5.75 Å². The molecule has 0 bridgehead atoms. The number of pyridine rings is 1. The third kappa shape index (κ3) is 4.29. The highest BCUT2D eigenvalue weighted by Gasteiger charge is 2.15. The number of fused-ring (bicyclic) bond motifs is 1. The van der Waals surface area contributed by atoms with E-state index in [4.69, 9.17) is 5.11 Å². The topological polar surface area (TPSA) is 73.7 Å². The minimum Gasteiger partial charge on any atom is -0.505 e. The van der Waals surface area contributed by atoms with E-state index < -0.39 is 5.97 Å². The molecule has 5 nitrogen and oxygen atoms in total. The molecular weight excluding hydrogens is 316 g/mol. The summed E-state index contributed by atoms with van der Waals surface area (Å²) in [5, 5.41) is 18.5. The van der Waals surface area contributed by atoms with Gasteiger partial charge in [0.25, 0.3) is 0 Å². The molecular formula is C20H24N2O3. The highest BCUT2D eigenvalue weighted by molar-refractivity contribution is 5.88. The number of carbonyl (C=O) groups is 1. The van der Waals surface area contributed by atoms with Crippen molar-refractivity contribution in [2.45, 2.75) is 38.5 Å². The monoisotopic (exact) mass is 340 g/mol. The van der Waals surface area contributed by atoms with Gasteiger partial charge in [0.2, 0.25) is 0 Å². The largest absolute Gasteiger partial charge is 0.505 e. The van der Waals surface area contributed by atoms with Crippen molar-refractivity contribution in [3.05, 3.63) is 53.3 Å². The molecule has 25 heavy (non-hydrogen) atoms. The minimum atomic E-state index is -1.19. The number of para-hydroxylation sites is 1. The van der Waals surface area contributed by atoms with Crippen LogP contribution in [-0.2, 0) is 12.8 Å². The summed E-state index contributed by atoms with van der Waals surface area (Å²) in [6, 6.07) is 11.8. The van der Waals surface area contributed by atoms with Gasteiger partial charge in [0, 0.05) is 24.5 Å². The summed E-state index contributed by atoms with van der Waals surface area (Å²) < 4.78 is 0. The Kier molecular flexibility index (Phi) is 5.53. The fourth-order valence-electron chi connectivity index (χ4n) is 3.42. The molecule has 0 atom stereocenters. The lowest BCUT2D eigenvalue weighted by molar-refractivity contribution is 0.0686. The van der Waals surface area contributed by atoms with E-state index in [1.54, 1.807) is 6.07 Å². The van der Waals surface area contributed by atoms with Gasteiger partial charge in [-0.15, -0.1) is 0 Å². The SMILES string of the molecule is O=C(O)c1nc(CCCCCN2CCCc3ccccc32)ccc1O. The number of hydrogen-bond donors (Lipinski definition) is 2. The molecule has 2 N–H and O–H groups in total. The zero-order chi connectivity index (χ0) is 17.6. The van der Waals surface area contributed by atoms with Crippen molar-refractivity contribution in [2.75, 3.05) is 18.0 Å². The number of carboxylic acid groups (broad SMARTS) is 1. The average molecular weight is 340 g/mol. The molecule has 0 fully saturated rings. The second-order valence-corrected chi connectivity index (χ2v) is 6.51. The average Bonchev–Trinajstić information content (AvgIpc) is 2.62. The first-order valence-corrected chi connectivity index (χ1v) is 8.90. The summed E-state index contributed by atoms with van der Waals surface area (Å²) in [5.41, 5.74) is 3.28. The van der Waals surface area contributed by atoms with Crippen molar-refractivity contribution in [1.82, 2.24) is 4.98 Å². The van der Waals surface area contributed by atoms with Crippen molar-refractivity contribution >= 4 is 11.7 Å². The number of rotatable bonds is 7. The lowest BCUT2D eigenvalue weighted by Crippen LogP contribution is -2.30. The molecule has 0 spiro atoms. The summed E-state index contributed by atoms with van der Waals surface area (Å²) >= 11 is 0. The van der Waals surface area contributed by atoms with Crippen LogP contribution in [0, 0.1) is 0 Å². The number of aromatic hydroxyl groups is 1. The number of aryl methyl sites for hydroxylation is 2. The Balaban J connectivity index is 1.46. The number of benzene rings is 1. The van der Waals surface area contributed by atoms with Gasteiger partial charge in [-0.2, -0.15) is 0 Å². The van der Waals surface area contributed by atoms with Gasteiger partial charge in [0.15, 0.2) is 5.69 Å². The lowest BCUT2D eigenvalue weighted by Gasteiger charge is -2.31. The van der Waals surface area contributed by atoms with Crippen molar-refractivity contribution in [1.29, 1.82) is 0 Å². The zero-order valence-corrected chi connectivity index (χ0v) is 14.3. The molecule has 1 aromatic heterocycles. The Morgan fingerprint density at radius 2 is 1.96 bits per heavy atom. The number of anilines is 1. The molecule has 0 amide bonds. The van der Waals surface area contributed by atoms with Gasteiger partial charge in [-0.1, -0.05) is 24.6 Å². The maximum absolute atomic E-state index is 11.0. The highest BCUT2D eigenvalue weighted by atomic mass is 16.4. The van der Waals surface area contributed by atoms with E-state index >= 15 is 0 Å². The Hall–Kier alpha value is -2.56. The van der Waals surface area contributed by atoms with Crippen LogP contribution in [0.1, 0.15) is 47.4 Å².